The highest BCUT2D eigenvalue weighted by atomic mass is 79.9. The number of rotatable bonds is 6. The minimum atomic E-state index is -0.609. The normalized spacial score (nSPS) is 10.5. The van der Waals surface area contributed by atoms with Gasteiger partial charge < -0.3 is 10.6 Å². The molecule has 3 aromatic rings. The Bertz CT molecular complexity index is 982. The molecule has 0 aliphatic heterocycles. The summed E-state index contributed by atoms with van der Waals surface area (Å²) in [5, 5.41) is 17.2. The van der Waals surface area contributed by atoms with Gasteiger partial charge in [-0.25, -0.2) is 14.4 Å². The van der Waals surface area contributed by atoms with E-state index in [1.807, 2.05) is 31.2 Å². The van der Waals surface area contributed by atoms with Crippen molar-refractivity contribution in [1.29, 1.82) is 0 Å². The topological polar surface area (TPSA) is 93.0 Å². The Hall–Kier alpha value is -3.07. The number of nitrogens with one attached hydrogen (secondary N) is 2. The van der Waals surface area contributed by atoms with Gasteiger partial charge in [0.15, 0.2) is 0 Å². The quantitative estimate of drug-likeness (QED) is 0.404. The number of hydrogen-bond donors (Lipinski definition) is 2. The van der Waals surface area contributed by atoms with Crippen LogP contribution in [0, 0.1) is 15.9 Å². The molecule has 9 heteroatoms. The maximum Gasteiger partial charge on any atom is 0.353 e. The Kier molecular flexibility index (Phi) is 5.60. The minimum absolute atomic E-state index is 0.0132. The third-order valence-corrected chi connectivity index (χ3v) is 4.31. The van der Waals surface area contributed by atoms with E-state index in [2.05, 4.69) is 36.5 Å². The number of nitrogens with zero attached hydrogens (tertiary/aromatic N) is 3. The molecule has 0 amide bonds. The molecule has 0 aliphatic rings. The first-order valence-corrected chi connectivity index (χ1v) is 8.84. The van der Waals surface area contributed by atoms with Crippen molar-refractivity contribution < 1.29 is 9.31 Å². The molecule has 0 saturated heterocycles. The van der Waals surface area contributed by atoms with Crippen molar-refractivity contribution in [2.75, 3.05) is 10.6 Å². The largest absolute Gasteiger partial charge is 0.353 e. The van der Waals surface area contributed by atoms with Crippen molar-refractivity contribution in [2.24, 2.45) is 0 Å². The number of aryl methyl sites for hydroxylation is 1. The second-order valence-corrected chi connectivity index (χ2v) is 6.52. The van der Waals surface area contributed by atoms with Crippen molar-refractivity contribution in [3.63, 3.8) is 0 Å². The molecule has 3 rings (SSSR count). The molecule has 2 N–H and O–H groups in total. The lowest BCUT2D eigenvalue weighted by Crippen LogP contribution is -2.06. The molecule has 1 heterocycles. The first-order chi connectivity index (χ1) is 13.0. The Labute approximate surface area is 163 Å². The smallest absolute Gasteiger partial charge is 0.334 e. The lowest BCUT2D eigenvalue weighted by Gasteiger charge is -2.11. The van der Waals surface area contributed by atoms with Gasteiger partial charge in [0.2, 0.25) is 11.6 Å². The molecule has 1 aromatic heterocycles. The monoisotopic (exact) mass is 431 g/mol. The summed E-state index contributed by atoms with van der Waals surface area (Å²) in [7, 11) is 0. The zero-order chi connectivity index (χ0) is 19.4. The Morgan fingerprint density at radius 1 is 1.11 bits per heavy atom. The zero-order valence-corrected chi connectivity index (χ0v) is 15.8. The number of anilines is 4. The molecule has 2 aromatic carbocycles. The van der Waals surface area contributed by atoms with Gasteiger partial charge in [0, 0.05) is 10.2 Å². The SMILES string of the molecule is CCc1ccc(Nc2ncnc(Nc3ccc(Br)cc3F)c2[N+](=O)[O-])cc1. The van der Waals surface area contributed by atoms with E-state index >= 15 is 0 Å². The Morgan fingerprint density at radius 2 is 1.78 bits per heavy atom. The fourth-order valence-electron chi connectivity index (χ4n) is 2.41. The summed E-state index contributed by atoms with van der Waals surface area (Å²) in [5.74, 6) is -0.662. The highest BCUT2D eigenvalue weighted by molar-refractivity contribution is 9.10. The number of benzene rings is 2. The van der Waals surface area contributed by atoms with Crippen LogP contribution in [0.25, 0.3) is 0 Å². The van der Waals surface area contributed by atoms with Crippen LogP contribution in [0.1, 0.15) is 12.5 Å². The Balaban J connectivity index is 1.95. The summed E-state index contributed by atoms with van der Waals surface area (Å²) >= 11 is 3.17. The van der Waals surface area contributed by atoms with Gasteiger partial charge in [0.1, 0.15) is 12.1 Å². The average molecular weight is 432 g/mol. The highest BCUT2D eigenvalue weighted by Gasteiger charge is 2.24. The summed E-state index contributed by atoms with van der Waals surface area (Å²) in [6.45, 7) is 2.04. The van der Waals surface area contributed by atoms with E-state index in [9.17, 15) is 14.5 Å². The summed E-state index contributed by atoms with van der Waals surface area (Å²) in [6, 6.07) is 11.8. The number of halogens is 2. The van der Waals surface area contributed by atoms with Gasteiger partial charge in [-0.1, -0.05) is 35.0 Å². The van der Waals surface area contributed by atoms with E-state index in [4.69, 9.17) is 0 Å². The van der Waals surface area contributed by atoms with E-state index < -0.39 is 10.7 Å². The minimum Gasteiger partial charge on any atom is -0.334 e. The molecule has 0 aliphatic carbocycles. The molecule has 138 valence electrons. The van der Waals surface area contributed by atoms with Gasteiger partial charge in [-0.3, -0.25) is 10.1 Å². The molecule has 0 saturated carbocycles. The van der Waals surface area contributed by atoms with Crippen molar-refractivity contribution in [3.8, 4) is 0 Å². The Morgan fingerprint density at radius 3 is 2.37 bits per heavy atom. The molecule has 0 radical (unpaired) electrons. The summed E-state index contributed by atoms with van der Waals surface area (Å²) in [4.78, 5) is 18.9. The molecular weight excluding hydrogens is 417 g/mol. The predicted molar refractivity (Wildman–Crippen MR) is 105 cm³/mol. The van der Waals surface area contributed by atoms with Gasteiger partial charge in [-0.2, -0.15) is 0 Å². The molecule has 0 spiro atoms. The third kappa shape index (κ3) is 4.37. The van der Waals surface area contributed by atoms with Crippen LogP contribution in [0.5, 0.6) is 0 Å². The van der Waals surface area contributed by atoms with Crippen LogP contribution in [0.3, 0.4) is 0 Å². The molecule has 0 bridgehead atoms. The van der Waals surface area contributed by atoms with Gasteiger partial charge in [-0.05, 0) is 42.3 Å². The van der Waals surface area contributed by atoms with Crippen LogP contribution in [0.2, 0.25) is 0 Å². The summed E-state index contributed by atoms with van der Waals surface area (Å²) in [5.41, 5.74) is 1.48. The van der Waals surface area contributed by atoms with Crippen LogP contribution >= 0.6 is 15.9 Å². The number of hydrogen-bond acceptors (Lipinski definition) is 6. The number of nitro groups is 1. The molecule has 0 atom stereocenters. The van der Waals surface area contributed by atoms with Crippen LogP contribution in [0.4, 0.5) is 33.1 Å². The van der Waals surface area contributed by atoms with Crippen molar-refractivity contribution in [1.82, 2.24) is 9.97 Å². The standard InChI is InChI=1S/C18H15BrFN5O2/c1-2-11-3-6-13(7-4-11)23-17-16(25(26)27)18(22-10-21-17)24-15-8-5-12(19)9-14(15)20/h3-10H,2H2,1H3,(H2,21,22,23,24). The van der Waals surface area contributed by atoms with Crippen molar-refractivity contribution >= 4 is 44.6 Å². The zero-order valence-electron chi connectivity index (χ0n) is 14.2. The summed E-state index contributed by atoms with van der Waals surface area (Å²) in [6.07, 6.45) is 2.07. The van der Waals surface area contributed by atoms with Crippen molar-refractivity contribution in [2.45, 2.75) is 13.3 Å². The van der Waals surface area contributed by atoms with Gasteiger partial charge >= 0.3 is 5.69 Å². The summed E-state index contributed by atoms with van der Waals surface area (Å²) < 4.78 is 14.6. The predicted octanol–water partition coefficient (Wildman–Crippen LogP) is 5.34. The molecule has 27 heavy (non-hydrogen) atoms. The fourth-order valence-corrected chi connectivity index (χ4v) is 2.75. The van der Waals surface area contributed by atoms with Crippen molar-refractivity contribution in [3.05, 3.63) is 74.8 Å². The molecular formula is C18H15BrFN5O2. The maximum atomic E-state index is 14.1. The highest BCUT2D eigenvalue weighted by Crippen LogP contribution is 2.34. The van der Waals surface area contributed by atoms with E-state index in [1.54, 1.807) is 6.07 Å². The van der Waals surface area contributed by atoms with Gasteiger partial charge in [-0.15, -0.1) is 0 Å². The molecule has 0 fully saturated rings. The van der Waals surface area contributed by atoms with Crippen LogP contribution in [-0.2, 0) is 6.42 Å². The van der Waals surface area contributed by atoms with Gasteiger partial charge in [0.25, 0.3) is 0 Å². The lowest BCUT2D eigenvalue weighted by atomic mass is 10.1. The van der Waals surface area contributed by atoms with Crippen LogP contribution in [-0.4, -0.2) is 14.9 Å². The average Bonchev–Trinajstić information content (AvgIpc) is 2.64. The maximum absolute atomic E-state index is 14.1. The van der Waals surface area contributed by atoms with E-state index in [0.717, 1.165) is 12.0 Å². The van der Waals surface area contributed by atoms with E-state index in [-0.39, 0.29) is 23.0 Å². The fraction of sp³-hybridized carbons (Fsp3) is 0.111. The third-order valence-electron chi connectivity index (χ3n) is 3.81. The van der Waals surface area contributed by atoms with Crippen LogP contribution in [0.15, 0.2) is 53.3 Å². The first-order valence-electron chi connectivity index (χ1n) is 8.05. The second kappa shape index (κ2) is 8.09. The number of aromatic nitrogens is 2. The molecule has 7 nitrogen and oxygen atoms in total. The second-order valence-electron chi connectivity index (χ2n) is 5.60. The lowest BCUT2D eigenvalue weighted by molar-refractivity contribution is -0.383. The van der Waals surface area contributed by atoms with E-state index in [1.165, 1.54) is 18.5 Å². The first kappa shape index (κ1) is 18.7. The van der Waals surface area contributed by atoms with E-state index in [0.29, 0.717) is 10.2 Å². The van der Waals surface area contributed by atoms with Gasteiger partial charge in [0.05, 0.1) is 10.6 Å². The van der Waals surface area contributed by atoms with Crippen LogP contribution < -0.4 is 10.6 Å². The molecule has 0 unspecified atom stereocenters.